The SMILES string of the molecule is CCCCCCCCCCCCCCCCCCC(O)C(C)(C)CO. The van der Waals surface area contributed by atoms with E-state index in [1.807, 2.05) is 13.8 Å². The number of aliphatic hydroxyl groups excluding tert-OH is 2. The van der Waals surface area contributed by atoms with Gasteiger partial charge >= 0.3 is 0 Å². The molecule has 0 aromatic heterocycles. The van der Waals surface area contributed by atoms with Gasteiger partial charge in [0, 0.05) is 5.41 Å². The molecule has 0 aromatic carbocycles. The zero-order valence-electron chi connectivity index (χ0n) is 17.7. The van der Waals surface area contributed by atoms with Gasteiger partial charge in [-0.15, -0.1) is 0 Å². The topological polar surface area (TPSA) is 40.5 Å². The second-order valence-corrected chi connectivity index (χ2v) is 8.75. The van der Waals surface area contributed by atoms with E-state index in [9.17, 15) is 10.2 Å². The summed E-state index contributed by atoms with van der Waals surface area (Å²) in [6.07, 6.45) is 22.4. The van der Waals surface area contributed by atoms with E-state index in [0.29, 0.717) is 0 Å². The molecule has 1 unspecified atom stereocenters. The summed E-state index contributed by atoms with van der Waals surface area (Å²) in [5.74, 6) is 0. The summed E-state index contributed by atoms with van der Waals surface area (Å²) in [5.41, 5.74) is -0.352. The van der Waals surface area contributed by atoms with Crippen molar-refractivity contribution in [2.45, 2.75) is 136 Å². The minimum Gasteiger partial charge on any atom is -0.396 e. The third-order valence-electron chi connectivity index (χ3n) is 5.64. The van der Waals surface area contributed by atoms with Gasteiger partial charge in [-0.2, -0.15) is 0 Å². The molecule has 0 saturated heterocycles. The second kappa shape index (κ2) is 17.3. The lowest BCUT2D eigenvalue weighted by atomic mass is 9.84. The molecule has 0 saturated carbocycles. The Hall–Kier alpha value is -0.0800. The quantitative estimate of drug-likeness (QED) is 0.244. The van der Waals surface area contributed by atoms with Crippen molar-refractivity contribution in [3.63, 3.8) is 0 Å². The largest absolute Gasteiger partial charge is 0.396 e. The fourth-order valence-electron chi connectivity index (χ4n) is 3.38. The Morgan fingerprint density at radius 2 is 0.920 bits per heavy atom. The Morgan fingerprint density at radius 3 is 1.24 bits per heavy atom. The summed E-state index contributed by atoms with van der Waals surface area (Å²) >= 11 is 0. The third kappa shape index (κ3) is 15.9. The molecular weight excluding hydrogens is 308 g/mol. The van der Waals surface area contributed by atoms with E-state index in [1.165, 1.54) is 96.3 Å². The summed E-state index contributed by atoms with van der Waals surface area (Å²) in [4.78, 5) is 0. The predicted molar refractivity (Wildman–Crippen MR) is 111 cm³/mol. The van der Waals surface area contributed by atoms with Crippen LogP contribution in [0.1, 0.15) is 130 Å². The predicted octanol–water partition coefficient (Wildman–Crippen LogP) is 7.02. The Kier molecular flexibility index (Phi) is 17.3. The van der Waals surface area contributed by atoms with Crippen LogP contribution in [0.4, 0.5) is 0 Å². The van der Waals surface area contributed by atoms with Crippen LogP contribution in [-0.2, 0) is 0 Å². The monoisotopic (exact) mass is 356 g/mol. The highest BCUT2D eigenvalue weighted by Gasteiger charge is 2.26. The van der Waals surface area contributed by atoms with E-state index in [2.05, 4.69) is 6.92 Å². The molecule has 0 radical (unpaired) electrons. The van der Waals surface area contributed by atoms with Crippen molar-refractivity contribution >= 4 is 0 Å². The van der Waals surface area contributed by atoms with Crippen LogP contribution < -0.4 is 0 Å². The average molecular weight is 357 g/mol. The Bertz CT molecular complexity index is 263. The summed E-state index contributed by atoms with van der Waals surface area (Å²) in [6.45, 7) is 6.21. The molecule has 0 aromatic rings. The zero-order chi connectivity index (χ0) is 18.8. The van der Waals surface area contributed by atoms with Crippen molar-refractivity contribution < 1.29 is 10.2 Å². The van der Waals surface area contributed by atoms with Gasteiger partial charge in [-0.05, 0) is 6.42 Å². The van der Waals surface area contributed by atoms with Crippen molar-refractivity contribution in [2.24, 2.45) is 5.41 Å². The lowest BCUT2D eigenvalue weighted by Gasteiger charge is -2.28. The molecule has 0 aliphatic carbocycles. The van der Waals surface area contributed by atoms with Crippen molar-refractivity contribution in [3.05, 3.63) is 0 Å². The number of aliphatic hydroxyl groups is 2. The normalized spacial score (nSPS) is 13.3. The number of hydrogen-bond acceptors (Lipinski definition) is 2. The molecular formula is C23H48O2. The highest BCUT2D eigenvalue weighted by molar-refractivity contribution is 4.76. The molecule has 0 aliphatic rings. The van der Waals surface area contributed by atoms with Crippen LogP contribution in [0.3, 0.4) is 0 Å². The van der Waals surface area contributed by atoms with Crippen LogP contribution in [0.25, 0.3) is 0 Å². The number of hydrogen-bond donors (Lipinski definition) is 2. The van der Waals surface area contributed by atoms with Gasteiger partial charge in [0.15, 0.2) is 0 Å². The fourth-order valence-corrected chi connectivity index (χ4v) is 3.38. The smallest absolute Gasteiger partial charge is 0.0613 e. The van der Waals surface area contributed by atoms with Crippen LogP contribution >= 0.6 is 0 Å². The molecule has 152 valence electrons. The van der Waals surface area contributed by atoms with Crippen molar-refractivity contribution in [1.82, 2.24) is 0 Å². The van der Waals surface area contributed by atoms with Gasteiger partial charge in [-0.3, -0.25) is 0 Å². The van der Waals surface area contributed by atoms with Crippen molar-refractivity contribution in [1.29, 1.82) is 0 Å². The van der Waals surface area contributed by atoms with Crippen LogP contribution in [0, 0.1) is 5.41 Å². The molecule has 2 heteroatoms. The Morgan fingerprint density at radius 1 is 0.600 bits per heavy atom. The first-order valence-corrected chi connectivity index (χ1v) is 11.3. The van der Waals surface area contributed by atoms with Gasteiger partial charge < -0.3 is 10.2 Å². The Labute approximate surface area is 158 Å². The van der Waals surface area contributed by atoms with Gasteiger partial charge in [0.1, 0.15) is 0 Å². The molecule has 0 rings (SSSR count). The molecule has 2 N–H and O–H groups in total. The minimum absolute atomic E-state index is 0.0625. The number of rotatable bonds is 19. The van der Waals surface area contributed by atoms with Gasteiger partial charge in [0.25, 0.3) is 0 Å². The van der Waals surface area contributed by atoms with E-state index < -0.39 is 0 Å². The molecule has 25 heavy (non-hydrogen) atoms. The maximum atomic E-state index is 10.0. The maximum Gasteiger partial charge on any atom is 0.0613 e. The van der Waals surface area contributed by atoms with E-state index >= 15 is 0 Å². The van der Waals surface area contributed by atoms with Crippen molar-refractivity contribution in [2.75, 3.05) is 6.61 Å². The van der Waals surface area contributed by atoms with E-state index in [0.717, 1.165) is 12.8 Å². The van der Waals surface area contributed by atoms with Gasteiger partial charge in [-0.1, -0.05) is 124 Å². The first-order chi connectivity index (χ1) is 12.0. The van der Waals surface area contributed by atoms with Crippen molar-refractivity contribution in [3.8, 4) is 0 Å². The molecule has 0 aliphatic heterocycles. The Balaban J connectivity index is 3.17. The lowest BCUT2D eigenvalue weighted by Crippen LogP contribution is -2.32. The zero-order valence-corrected chi connectivity index (χ0v) is 17.7. The molecule has 0 heterocycles. The third-order valence-corrected chi connectivity index (χ3v) is 5.64. The standard InChI is InChI=1S/C23H48O2/c1-4-5-6-7-8-9-10-11-12-13-14-15-16-17-18-19-20-22(25)23(2,3)21-24/h22,24-25H,4-21H2,1-3H3. The highest BCUT2D eigenvalue weighted by Crippen LogP contribution is 2.24. The molecule has 0 bridgehead atoms. The van der Waals surface area contributed by atoms with E-state index in [1.54, 1.807) is 0 Å². The maximum absolute atomic E-state index is 10.0. The molecule has 0 spiro atoms. The van der Waals surface area contributed by atoms with E-state index in [-0.39, 0.29) is 18.1 Å². The molecule has 0 amide bonds. The fraction of sp³-hybridized carbons (Fsp3) is 1.00. The first-order valence-electron chi connectivity index (χ1n) is 11.3. The van der Waals surface area contributed by atoms with Gasteiger partial charge in [-0.25, -0.2) is 0 Å². The van der Waals surface area contributed by atoms with Crippen LogP contribution in [0.2, 0.25) is 0 Å². The average Bonchev–Trinajstić information content (AvgIpc) is 2.61. The molecule has 0 fully saturated rings. The first kappa shape index (κ1) is 24.9. The highest BCUT2D eigenvalue weighted by atomic mass is 16.3. The van der Waals surface area contributed by atoms with Crippen LogP contribution in [0.5, 0.6) is 0 Å². The summed E-state index contributed by atoms with van der Waals surface area (Å²) in [5, 5.41) is 19.3. The summed E-state index contributed by atoms with van der Waals surface area (Å²) < 4.78 is 0. The van der Waals surface area contributed by atoms with Gasteiger partial charge in [0.2, 0.25) is 0 Å². The lowest BCUT2D eigenvalue weighted by molar-refractivity contribution is 0.00143. The number of unbranched alkanes of at least 4 members (excludes halogenated alkanes) is 15. The summed E-state index contributed by atoms with van der Waals surface area (Å²) in [6, 6.07) is 0. The van der Waals surface area contributed by atoms with Gasteiger partial charge in [0.05, 0.1) is 12.7 Å². The second-order valence-electron chi connectivity index (χ2n) is 8.75. The van der Waals surface area contributed by atoms with Crippen LogP contribution in [0.15, 0.2) is 0 Å². The summed E-state index contributed by atoms with van der Waals surface area (Å²) in [7, 11) is 0. The minimum atomic E-state index is -0.371. The molecule has 2 nitrogen and oxygen atoms in total. The van der Waals surface area contributed by atoms with Crippen LogP contribution in [-0.4, -0.2) is 22.9 Å². The van der Waals surface area contributed by atoms with E-state index in [4.69, 9.17) is 0 Å². The molecule has 1 atom stereocenters.